The summed E-state index contributed by atoms with van der Waals surface area (Å²) in [6.45, 7) is 0.587. The minimum Gasteiger partial charge on any atom is -0.397 e. The smallest absolute Gasteiger partial charge is 0.397 e. The molecule has 0 saturated heterocycles. The van der Waals surface area contributed by atoms with Gasteiger partial charge < -0.3 is 15.2 Å². The predicted octanol–water partition coefficient (Wildman–Crippen LogP) is 1.95. The van der Waals surface area contributed by atoms with Gasteiger partial charge in [0, 0.05) is 13.1 Å². The van der Waals surface area contributed by atoms with Crippen LogP contribution < -0.4 is 10.6 Å². The molecule has 112 valence electrons. The Kier molecular flexibility index (Phi) is 3.16. The molecule has 0 atom stereocenters. The van der Waals surface area contributed by atoms with Gasteiger partial charge in [0.15, 0.2) is 5.82 Å². The molecule has 0 aromatic carbocycles. The average Bonchev–Trinajstić information content (AvgIpc) is 2.81. The molecule has 2 aromatic rings. The van der Waals surface area contributed by atoms with Gasteiger partial charge in [-0.05, 0) is 6.07 Å². The topological polar surface area (TPSA) is 72.9 Å². The molecule has 0 saturated carbocycles. The highest BCUT2D eigenvalue weighted by Crippen LogP contribution is 2.32. The van der Waals surface area contributed by atoms with Crippen LogP contribution in [0.3, 0.4) is 0 Å². The fourth-order valence-electron chi connectivity index (χ4n) is 2.23. The molecule has 1 aliphatic heterocycles. The summed E-state index contributed by atoms with van der Waals surface area (Å²) < 4.78 is 39.3. The van der Waals surface area contributed by atoms with Gasteiger partial charge in [-0.25, -0.2) is 4.98 Å². The number of aromatic nitrogens is 4. The Bertz CT molecular complexity index is 683. The molecule has 0 aliphatic carbocycles. The van der Waals surface area contributed by atoms with Crippen molar-refractivity contribution in [3.63, 3.8) is 0 Å². The van der Waals surface area contributed by atoms with Crippen LogP contribution in [0.2, 0.25) is 5.02 Å². The summed E-state index contributed by atoms with van der Waals surface area (Å²) in [5, 5.41) is 7.17. The van der Waals surface area contributed by atoms with Gasteiger partial charge in [0.25, 0.3) is 0 Å². The van der Waals surface area contributed by atoms with Gasteiger partial charge in [-0.2, -0.15) is 13.2 Å². The van der Waals surface area contributed by atoms with Crippen molar-refractivity contribution in [2.75, 3.05) is 17.2 Å². The number of nitrogens with zero attached hydrogens (tertiary/aromatic N) is 5. The number of anilines is 2. The zero-order chi connectivity index (χ0) is 15.2. The van der Waals surface area contributed by atoms with Crippen LogP contribution in [0.25, 0.3) is 0 Å². The van der Waals surface area contributed by atoms with Gasteiger partial charge >= 0.3 is 6.18 Å². The Morgan fingerprint density at radius 3 is 2.67 bits per heavy atom. The van der Waals surface area contributed by atoms with E-state index in [1.165, 1.54) is 6.20 Å². The molecule has 0 radical (unpaired) electrons. The number of halogens is 4. The predicted molar refractivity (Wildman–Crippen MR) is 69.7 cm³/mol. The summed E-state index contributed by atoms with van der Waals surface area (Å²) in [5.74, 6) is -0.287. The number of alkyl halides is 3. The first-order valence-electron chi connectivity index (χ1n) is 6.01. The lowest BCUT2D eigenvalue weighted by molar-refractivity contribution is -0.147. The Balaban J connectivity index is 1.90. The van der Waals surface area contributed by atoms with E-state index in [4.69, 9.17) is 17.3 Å². The van der Waals surface area contributed by atoms with Gasteiger partial charge in [0.05, 0.1) is 23.5 Å². The third-order valence-electron chi connectivity index (χ3n) is 3.15. The number of rotatable bonds is 1. The number of fused-ring (bicyclic) bond motifs is 1. The molecule has 10 heteroatoms. The number of nitrogen functional groups attached to an aromatic ring is 1. The molecule has 2 N–H and O–H groups in total. The minimum absolute atomic E-state index is 0.111. The van der Waals surface area contributed by atoms with Crippen LogP contribution in [-0.4, -0.2) is 26.3 Å². The SMILES string of the molecule is Nc1cnc(N2CCn3c(nnc3C(F)(F)F)C2)c(Cl)c1. The first-order chi connectivity index (χ1) is 9.86. The van der Waals surface area contributed by atoms with E-state index in [0.29, 0.717) is 23.1 Å². The van der Waals surface area contributed by atoms with Crippen molar-refractivity contribution in [3.8, 4) is 0 Å². The van der Waals surface area contributed by atoms with E-state index in [2.05, 4.69) is 15.2 Å². The summed E-state index contributed by atoms with van der Waals surface area (Å²) in [6.07, 6.45) is -3.06. The first-order valence-corrected chi connectivity index (χ1v) is 6.39. The molecule has 0 bridgehead atoms. The summed E-state index contributed by atoms with van der Waals surface area (Å²) in [4.78, 5) is 5.86. The molecule has 0 unspecified atom stereocenters. The molecule has 3 heterocycles. The maximum Gasteiger partial charge on any atom is 0.451 e. The fraction of sp³-hybridized carbons (Fsp3) is 0.364. The second-order valence-electron chi connectivity index (χ2n) is 4.58. The average molecular weight is 319 g/mol. The van der Waals surface area contributed by atoms with Gasteiger partial charge in [0.2, 0.25) is 5.82 Å². The monoisotopic (exact) mass is 318 g/mol. The highest BCUT2D eigenvalue weighted by atomic mass is 35.5. The summed E-state index contributed by atoms with van der Waals surface area (Å²) in [7, 11) is 0. The number of hydrogen-bond acceptors (Lipinski definition) is 5. The molecule has 0 spiro atoms. The van der Waals surface area contributed by atoms with Crippen molar-refractivity contribution in [3.05, 3.63) is 28.9 Å². The van der Waals surface area contributed by atoms with Gasteiger partial charge in [0.1, 0.15) is 5.82 Å². The Hall–Kier alpha value is -2.03. The van der Waals surface area contributed by atoms with Gasteiger partial charge in [-0.3, -0.25) is 0 Å². The zero-order valence-corrected chi connectivity index (χ0v) is 11.4. The first kappa shape index (κ1) is 13.9. The van der Waals surface area contributed by atoms with E-state index >= 15 is 0 Å². The third kappa shape index (κ3) is 2.48. The number of hydrogen-bond donors (Lipinski definition) is 1. The maximum atomic E-state index is 12.8. The van der Waals surface area contributed by atoms with Crippen LogP contribution >= 0.6 is 11.6 Å². The van der Waals surface area contributed by atoms with Crippen molar-refractivity contribution in [2.45, 2.75) is 19.3 Å². The molecular weight excluding hydrogens is 309 g/mol. The van der Waals surface area contributed by atoms with E-state index in [1.807, 2.05) is 0 Å². The van der Waals surface area contributed by atoms with Crippen molar-refractivity contribution >= 4 is 23.1 Å². The molecule has 0 fully saturated rings. The Morgan fingerprint density at radius 1 is 1.24 bits per heavy atom. The van der Waals surface area contributed by atoms with Crippen LogP contribution in [0.5, 0.6) is 0 Å². The highest BCUT2D eigenvalue weighted by molar-refractivity contribution is 6.33. The van der Waals surface area contributed by atoms with Crippen molar-refractivity contribution in [2.24, 2.45) is 0 Å². The molecule has 0 amide bonds. The van der Waals surface area contributed by atoms with Crippen molar-refractivity contribution in [1.29, 1.82) is 0 Å². The second kappa shape index (κ2) is 4.76. The lowest BCUT2D eigenvalue weighted by Crippen LogP contribution is -2.36. The van der Waals surface area contributed by atoms with E-state index < -0.39 is 12.0 Å². The summed E-state index contributed by atoms with van der Waals surface area (Å²) in [5.41, 5.74) is 5.99. The van der Waals surface area contributed by atoms with Crippen LogP contribution in [0, 0.1) is 0 Å². The minimum atomic E-state index is -4.51. The molecule has 21 heavy (non-hydrogen) atoms. The van der Waals surface area contributed by atoms with Crippen LogP contribution in [0.4, 0.5) is 24.7 Å². The highest BCUT2D eigenvalue weighted by Gasteiger charge is 2.39. The summed E-state index contributed by atoms with van der Waals surface area (Å²) in [6, 6.07) is 1.55. The van der Waals surface area contributed by atoms with Crippen LogP contribution in [-0.2, 0) is 19.3 Å². The van der Waals surface area contributed by atoms with Crippen molar-refractivity contribution < 1.29 is 13.2 Å². The van der Waals surface area contributed by atoms with Crippen molar-refractivity contribution in [1.82, 2.24) is 19.7 Å². The van der Waals surface area contributed by atoms with E-state index in [-0.39, 0.29) is 18.9 Å². The molecule has 6 nitrogen and oxygen atoms in total. The third-order valence-corrected chi connectivity index (χ3v) is 3.43. The molecular formula is C11H10ClF3N6. The Morgan fingerprint density at radius 2 is 2.00 bits per heavy atom. The fourth-order valence-corrected chi connectivity index (χ4v) is 2.52. The molecule has 2 aromatic heterocycles. The standard InChI is InChI=1S/C11H10ClF3N6/c12-7-3-6(16)4-17-9(7)20-1-2-21-8(5-20)18-19-10(21)11(13,14)15/h3-4H,1-2,5,16H2. The van der Waals surface area contributed by atoms with Crippen LogP contribution in [0.1, 0.15) is 11.6 Å². The van der Waals surface area contributed by atoms with Gasteiger partial charge in [-0.1, -0.05) is 11.6 Å². The lowest BCUT2D eigenvalue weighted by Gasteiger charge is -2.29. The largest absolute Gasteiger partial charge is 0.451 e. The quantitative estimate of drug-likeness (QED) is 0.870. The van der Waals surface area contributed by atoms with E-state index in [0.717, 1.165) is 4.57 Å². The number of nitrogens with two attached hydrogens (primary N) is 1. The molecule has 1 aliphatic rings. The zero-order valence-electron chi connectivity index (χ0n) is 10.6. The van der Waals surface area contributed by atoms with E-state index in [9.17, 15) is 13.2 Å². The maximum absolute atomic E-state index is 12.8. The lowest BCUT2D eigenvalue weighted by atomic mass is 10.3. The van der Waals surface area contributed by atoms with E-state index in [1.54, 1.807) is 11.0 Å². The number of pyridine rings is 1. The normalized spacial score (nSPS) is 15.1. The van der Waals surface area contributed by atoms with Gasteiger partial charge in [-0.15, -0.1) is 10.2 Å². The summed E-state index contributed by atoms with van der Waals surface area (Å²) >= 11 is 6.06. The van der Waals surface area contributed by atoms with Crippen LogP contribution in [0.15, 0.2) is 12.3 Å². The Labute approximate surface area is 122 Å². The second-order valence-corrected chi connectivity index (χ2v) is 4.99. The molecule has 3 rings (SSSR count).